The predicted octanol–water partition coefficient (Wildman–Crippen LogP) is 3.03. The average Bonchev–Trinajstić information content (AvgIpc) is 2.82. The molecule has 0 unspecified atom stereocenters. The van der Waals surface area contributed by atoms with E-state index in [4.69, 9.17) is 11.1 Å². The van der Waals surface area contributed by atoms with Crippen LogP contribution in [0.2, 0.25) is 0 Å². The Hall–Kier alpha value is -3.72. The normalized spacial score (nSPS) is 16.5. The smallest absolute Gasteiger partial charge is 0.250 e. The number of carbonyl (C=O) groups excluding carboxylic acids is 1. The molecule has 1 fully saturated rings. The molecular formula is C24H25N5O3S. The number of anilines is 2. The van der Waals surface area contributed by atoms with Crippen LogP contribution in [0.15, 0.2) is 73.1 Å². The lowest BCUT2D eigenvalue weighted by Crippen LogP contribution is -2.54. The first-order valence-electron chi connectivity index (χ1n) is 10.5. The number of sulfone groups is 1. The van der Waals surface area contributed by atoms with Crippen LogP contribution < -0.4 is 16.4 Å². The van der Waals surface area contributed by atoms with Gasteiger partial charge in [0.1, 0.15) is 11.4 Å². The zero-order valence-electron chi connectivity index (χ0n) is 17.9. The number of aromatic nitrogens is 1. The molecule has 2 aromatic carbocycles. The molecule has 1 aromatic heterocycles. The van der Waals surface area contributed by atoms with Gasteiger partial charge in [0.2, 0.25) is 5.91 Å². The van der Waals surface area contributed by atoms with Crippen molar-refractivity contribution in [2.75, 3.05) is 22.1 Å². The van der Waals surface area contributed by atoms with Gasteiger partial charge in [0.05, 0.1) is 11.5 Å². The van der Waals surface area contributed by atoms with Crippen LogP contribution >= 0.6 is 0 Å². The third-order valence-electron chi connectivity index (χ3n) is 5.83. The lowest BCUT2D eigenvalue weighted by Gasteiger charge is -2.37. The van der Waals surface area contributed by atoms with Crippen LogP contribution in [0.1, 0.15) is 18.4 Å². The van der Waals surface area contributed by atoms with Crippen LogP contribution in [0.5, 0.6) is 0 Å². The van der Waals surface area contributed by atoms with Crippen molar-refractivity contribution in [3.8, 4) is 11.1 Å². The maximum absolute atomic E-state index is 13.4. The van der Waals surface area contributed by atoms with Crippen LogP contribution in [0.4, 0.5) is 11.4 Å². The van der Waals surface area contributed by atoms with Gasteiger partial charge in [0, 0.05) is 29.3 Å². The van der Waals surface area contributed by atoms with Crippen molar-refractivity contribution in [1.82, 2.24) is 4.98 Å². The van der Waals surface area contributed by atoms with E-state index < -0.39 is 15.4 Å². The van der Waals surface area contributed by atoms with E-state index in [2.05, 4.69) is 15.6 Å². The summed E-state index contributed by atoms with van der Waals surface area (Å²) in [6, 6.07) is 18.2. The molecule has 0 bridgehead atoms. The van der Waals surface area contributed by atoms with Gasteiger partial charge >= 0.3 is 0 Å². The SMILES string of the molecule is N=C(N)c1cccc(NC2(C(=O)Nc3ccc(-c4ccncc4)cc3)CCS(=O)(=O)CC2)c1. The molecule has 0 radical (unpaired) electrons. The van der Waals surface area contributed by atoms with Crippen molar-refractivity contribution in [3.63, 3.8) is 0 Å². The monoisotopic (exact) mass is 463 g/mol. The lowest BCUT2D eigenvalue weighted by atomic mass is 9.90. The molecule has 0 saturated carbocycles. The maximum Gasteiger partial charge on any atom is 0.250 e. The predicted molar refractivity (Wildman–Crippen MR) is 130 cm³/mol. The highest BCUT2D eigenvalue weighted by Gasteiger charge is 2.43. The topological polar surface area (TPSA) is 138 Å². The Morgan fingerprint density at radius 1 is 0.939 bits per heavy atom. The van der Waals surface area contributed by atoms with Gasteiger partial charge in [-0.1, -0.05) is 24.3 Å². The van der Waals surface area contributed by atoms with E-state index in [1.807, 2.05) is 36.4 Å². The second kappa shape index (κ2) is 9.03. The van der Waals surface area contributed by atoms with Crippen molar-refractivity contribution < 1.29 is 13.2 Å². The summed E-state index contributed by atoms with van der Waals surface area (Å²) in [5.41, 5.74) is 8.24. The number of nitrogens with zero attached hydrogens (tertiary/aromatic N) is 1. The van der Waals surface area contributed by atoms with Crippen molar-refractivity contribution in [2.45, 2.75) is 18.4 Å². The molecule has 1 aliphatic rings. The molecule has 2 heterocycles. The quantitative estimate of drug-likeness (QED) is 0.327. The van der Waals surface area contributed by atoms with Crippen molar-refractivity contribution in [1.29, 1.82) is 5.41 Å². The minimum Gasteiger partial charge on any atom is -0.384 e. The van der Waals surface area contributed by atoms with E-state index in [1.165, 1.54) is 0 Å². The summed E-state index contributed by atoms with van der Waals surface area (Å²) in [5.74, 6) is -0.554. The van der Waals surface area contributed by atoms with Gasteiger partial charge in [-0.2, -0.15) is 0 Å². The third kappa shape index (κ3) is 5.20. The van der Waals surface area contributed by atoms with E-state index in [1.54, 1.807) is 36.7 Å². The molecule has 4 rings (SSSR count). The molecule has 1 saturated heterocycles. The molecule has 0 spiro atoms. The summed E-state index contributed by atoms with van der Waals surface area (Å²) in [6.07, 6.45) is 3.72. The first kappa shape index (κ1) is 22.5. The summed E-state index contributed by atoms with van der Waals surface area (Å²) < 4.78 is 24.2. The van der Waals surface area contributed by atoms with E-state index in [9.17, 15) is 13.2 Å². The number of rotatable bonds is 6. The maximum atomic E-state index is 13.4. The molecule has 3 aromatic rings. The standard InChI is InChI=1S/C24H25N5O3S/c25-22(26)19-2-1-3-21(16-19)29-24(10-14-33(31,32)15-11-24)23(30)28-20-6-4-17(5-7-20)18-8-12-27-13-9-18/h1-9,12-13,16,29H,10-11,14-15H2,(H3,25,26)(H,28,30). The van der Waals surface area contributed by atoms with Crippen molar-refractivity contribution in [3.05, 3.63) is 78.6 Å². The molecule has 0 atom stereocenters. The molecule has 0 aliphatic carbocycles. The van der Waals surface area contributed by atoms with E-state index in [0.717, 1.165) is 11.1 Å². The Morgan fingerprint density at radius 2 is 1.58 bits per heavy atom. The Morgan fingerprint density at radius 3 is 2.21 bits per heavy atom. The van der Waals surface area contributed by atoms with E-state index in [0.29, 0.717) is 16.9 Å². The fourth-order valence-electron chi connectivity index (χ4n) is 3.88. The lowest BCUT2D eigenvalue weighted by molar-refractivity contribution is -0.120. The summed E-state index contributed by atoms with van der Waals surface area (Å²) in [5, 5.41) is 13.8. The molecule has 8 nitrogen and oxygen atoms in total. The number of carbonyl (C=O) groups is 1. The molecule has 9 heteroatoms. The third-order valence-corrected chi connectivity index (χ3v) is 7.48. The number of pyridine rings is 1. The van der Waals surface area contributed by atoms with Gasteiger partial charge in [-0.15, -0.1) is 0 Å². The van der Waals surface area contributed by atoms with Gasteiger partial charge in [0.15, 0.2) is 9.84 Å². The number of amides is 1. The van der Waals surface area contributed by atoms with Crippen molar-refractivity contribution >= 4 is 33.0 Å². The Bertz CT molecular complexity index is 1260. The van der Waals surface area contributed by atoms with Gasteiger partial charge in [-0.25, -0.2) is 8.42 Å². The van der Waals surface area contributed by atoms with Crippen LogP contribution in [-0.4, -0.2) is 42.2 Å². The van der Waals surface area contributed by atoms with Crippen molar-refractivity contribution in [2.24, 2.45) is 5.73 Å². The highest BCUT2D eigenvalue weighted by Crippen LogP contribution is 2.31. The summed E-state index contributed by atoms with van der Waals surface area (Å²) in [6.45, 7) is 0. The Kier molecular flexibility index (Phi) is 6.15. The first-order chi connectivity index (χ1) is 15.8. The number of amidine groups is 1. The second-order valence-corrected chi connectivity index (χ2v) is 10.4. The molecule has 1 aliphatic heterocycles. The summed E-state index contributed by atoms with van der Waals surface area (Å²) in [7, 11) is -3.19. The first-order valence-corrected chi connectivity index (χ1v) is 12.3. The molecule has 170 valence electrons. The molecule has 5 N–H and O–H groups in total. The molecular weight excluding hydrogens is 438 g/mol. The Balaban J connectivity index is 1.57. The fraction of sp³-hybridized carbons (Fsp3) is 0.208. The van der Waals surface area contributed by atoms with Gasteiger partial charge < -0.3 is 16.4 Å². The largest absolute Gasteiger partial charge is 0.384 e. The summed E-state index contributed by atoms with van der Waals surface area (Å²) in [4.78, 5) is 17.5. The average molecular weight is 464 g/mol. The van der Waals surface area contributed by atoms with Gasteiger partial charge in [-0.3, -0.25) is 15.2 Å². The molecule has 33 heavy (non-hydrogen) atoms. The van der Waals surface area contributed by atoms with Gasteiger partial charge in [0.25, 0.3) is 0 Å². The molecule has 1 amide bonds. The number of nitrogen functional groups attached to an aromatic ring is 1. The number of hydrogen-bond donors (Lipinski definition) is 4. The minimum absolute atomic E-state index is 0.0825. The Labute approximate surface area is 192 Å². The number of hydrogen-bond acceptors (Lipinski definition) is 6. The van der Waals surface area contributed by atoms with Crippen LogP contribution in [-0.2, 0) is 14.6 Å². The number of benzene rings is 2. The number of nitrogens with two attached hydrogens (primary N) is 1. The highest BCUT2D eigenvalue weighted by atomic mass is 32.2. The summed E-state index contributed by atoms with van der Waals surface area (Å²) >= 11 is 0. The highest BCUT2D eigenvalue weighted by molar-refractivity contribution is 7.91. The zero-order valence-corrected chi connectivity index (χ0v) is 18.7. The second-order valence-electron chi connectivity index (χ2n) is 8.12. The minimum atomic E-state index is -3.19. The van der Waals surface area contributed by atoms with Crippen LogP contribution in [0.25, 0.3) is 11.1 Å². The van der Waals surface area contributed by atoms with Gasteiger partial charge in [-0.05, 0) is 60.4 Å². The van der Waals surface area contributed by atoms with E-state index in [-0.39, 0.29) is 36.1 Å². The fourth-order valence-corrected chi connectivity index (χ4v) is 5.40. The van der Waals surface area contributed by atoms with Crippen LogP contribution in [0.3, 0.4) is 0 Å². The zero-order chi connectivity index (χ0) is 23.5. The van der Waals surface area contributed by atoms with E-state index >= 15 is 0 Å². The number of nitrogens with one attached hydrogen (secondary N) is 3. The van der Waals surface area contributed by atoms with Crippen LogP contribution in [0, 0.1) is 5.41 Å².